The molecular formula is C12H21NO5. The van der Waals surface area contributed by atoms with Gasteiger partial charge >= 0.3 is 11.9 Å². The van der Waals surface area contributed by atoms with Crippen molar-refractivity contribution in [3.05, 3.63) is 0 Å². The summed E-state index contributed by atoms with van der Waals surface area (Å²) in [6.07, 6.45) is 0.276. The molecule has 18 heavy (non-hydrogen) atoms. The summed E-state index contributed by atoms with van der Waals surface area (Å²) in [5.74, 6) is -2.61. The molecule has 0 aromatic heterocycles. The minimum atomic E-state index is -1.07. The van der Waals surface area contributed by atoms with Crippen molar-refractivity contribution in [1.29, 1.82) is 0 Å². The molecular weight excluding hydrogens is 238 g/mol. The van der Waals surface area contributed by atoms with E-state index in [2.05, 4.69) is 5.32 Å². The average molecular weight is 259 g/mol. The van der Waals surface area contributed by atoms with Crippen molar-refractivity contribution in [3.8, 4) is 0 Å². The summed E-state index contributed by atoms with van der Waals surface area (Å²) < 4.78 is 0. The molecule has 0 radical (unpaired) electrons. The zero-order chi connectivity index (χ0) is 14.3. The van der Waals surface area contributed by atoms with Crippen molar-refractivity contribution in [2.45, 2.75) is 46.1 Å². The molecule has 0 fully saturated rings. The van der Waals surface area contributed by atoms with Crippen LogP contribution in [-0.2, 0) is 14.4 Å². The molecule has 1 amide bonds. The van der Waals surface area contributed by atoms with Crippen LogP contribution in [0.5, 0.6) is 0 Å². The van der Waals surface area contributed by atoms with Gasteiger partial charge in [-0.3, -0.25) is 9.59 Å². The summed E-state index contributed by atoms with van der Waals surface area (Å²) in [6.45, 7) is 5.39. The number of carbonyl (C=O) groups is 3. The second-order valence-corrected chi connectivity index (χ2v) is 5.00. The van der Waals surface area contributed by atoms with Crippen LogP contribution in [0.1, 0.15) is 40.0 Å². The zero-order valence-electron chi connectivity index (χ0n) is 11.0. The van der Waals surface area contributed by atoms with Crippen LogP contribution in [-0.4, -0.2) is 34.1 Å². The molecule has 6 nitrogen and oxygen atoms in total. The fourth-order valence-electron chi connectivity index (χ4n) is 1.63. The van der Waals surface area contributed by atoms with Crippen LogP contribution in [0.3, 0.4) is 0 Å². The summed E-state index contributed by atoms with van der Waals surface area (Å²) in [5, 5.41) is 19.9. The molecule has 2 atom stereocenters. The number of amides is 1. The van der Waals surface area contributed by atoms with Crippen molar-refractivity contribution in [3.63, 3.8) is 0 Å². The Balaban J connectivity index is 4.25. The fraction of sp³-hybridized carbons (Fsp3) is 0.750. The molecule has 2 unspecified atom stereocenters. The zero-order valence-corrected chi connectivity index (χ0v) is 11.0. The van der Waals surface area contributed by atoms with Gasteiger partial charge in [0.1, 0.15) is 6.04 Å². The van der Waals surface area contributed by atoms with Gasteiger partial charge in [-0.1, -0.05) is 20.8 Å². The van der Waals surface area contributed by atoms with Crippen molar-refractivity contribution in [2.24, 2.45) is 11.8 Å². The van der Waals surface area contributed by atoms with Crippen molar-refractivity contribution in [2.75, 3.05) is 0 Å². The van der Waals surface area contributed by atoms with Crippen LogP contribution in [0.15, 0.2) is 0 Å². The van der Waals surface area contributed by atoms with E-state index in [1.54, 1.807) is 6.92 Å². The van der Waals surface area contributed by atoms with E-state index in [0.29, 0.717) is 6.42 Å². The number of nitrogens with one attached hydrogen (secondary N) is 1. The molecule has 0 spiro atoms. The third-order valence-corrected chi connectivity index (χ3v) is 2.40. The lowest BCUT2D eigenvalue weighted by atomic mass is 10.0. The lowest BCUT2D eigenvalue weighted by Crippen LogP contribution is -2.42. The Morgan fingerprint density at radius 2 is 1.61 bits per heavy atom. The van der Waals surface area contributed by atoms with Gasteiger partial charge in [0.05, 0.1) is 0 Å². The highest BCUT2D eigenvalue weighted by Gasteiger charge is 2.22. The van der Waals surface area contributed by atoms with E-state index >= 15 is 0 Å². The summed E-state index contributed by atoms with van der Waals surface area (Å²) >= 11 is 0. The number of hydrogen-bond donors (Lipinski definition) is 3. The largest absolute Gasteiger partial charge is 0.481 e. The third kappa shape index (κ3) is 7.65. The van der Waals surface area contributed by atoms with Gasteiger partial charge < -0.3 is 15.5 Å². The fourth-order valence-corrected chi connectivity index (χ4v) is 1.63. The van der Waals surface area contributed by atoms with Gasteiger partial charge in [-0.15, -0.1) is 0 Å². The van der Waals surface area contributed by atoms with Crippen molar-refractivity contribution >= 4 is 17.8 Å². The predicted octanol–water partition coefficient (Wildman–Crippen LogP) is 1.10. The van der Waals surface area contributed by atoms with Crippen LogP contribution in [0.4, 0.5) is 0 Å². The Hall–Kier alpha value is -1.59. The van der Waals surface area contributed by atoms with Gasteiger partial charge in [0.25, 0.3) is 0 Å². The van der Waals surface area contributed by atoms with Gasteiger partial charge in [-0.05, 0) is 18.3 Å². The molecule has 3 N–H and O–H groups in total. The van der Waals surface area contributed by atoms with E-state index in [1.165, 1.54) is 0 Å². The van der Waals surface area contributed by atoms with Crippen LogP contribution in [0.2, 0.25) is 0 Å². The molecule has 0 aliphatic rings. The number of carbonyl (C=O) groups excluding carboxylic acids is 1. The Labute approximate surface area is 106 Å². The normalized spacial score (nSPS) is 14.0. The number of aliphatic carboxylic acids is 2. The maximum absolute atomic E-state index is 11.6. The second kappa shape index (κ2) is 7.68. The number of carboxylic acid groups (broad SMARTS) is 2. The molecule has 0 bridgehead atoms. The van der Waals surface area contributed by atoms with Gasteiger partial charge in [-0.2, -0.15) is 0 Å². The minimum absolute atomic E-state index is 0.0220. The molecule has 0 aromatic carbocycles. The highest BCUT2D eigenvalue weighted by molar-refractivity contribution is 5.83. The molecule has 0 aliphatic carbocycles. The molecule has 6 heteroatoms. The highest BCUT2D eigenvalue weighted by atomic mass is 16.4. The van der Waals surface area contributed by atoms with E-state index in [0.717, 1.165) is 0 Å². The maximum Gasteiger partial charge on any atom is 0.326 e. The van der Waals surface area contributed by atoms with Crippen LogP contribution in [0, 0.1) is 11.8 Å². The third-order valence-electron chi connectivity index (χ3n) is 2.40. The minimum Gasteiger partial charge on any atom is -0.481 e. The molecule has 104 valence electrons. The first-order chi connectivity index (χ1) is 8.22. The first kappa shape index (κ1) is 16.4. The SMILES string of the molecule is CC(C)CC(NC(=O)CC(C)CC(=O)O)C(=O)O. The first-order valence-electron chi connectivity index (χ1n) is 5.96. The smallest absolute Gasteiger partial charge is 0.326 e. The molecule has 0 aliphatic heterocycles. The molecule has 0 rings (SSSR count). The van der Waals surface area contributed by atoms with Gasteiger partial charge in [-0.25, -0.2) is 4.79 Å². The van der Waals surface area contributed by atoms with Crippen molar-refractivity contribution < 1.29 is 24.6 Å². The molecule has 0 saturated heterocycles. The summed E-state index contributed by atoms with van der Waals surface area (Å²) in [4.78, 5) is 32.9. The highest BCUT2D eigenvalue weighted by Crippen LogP contribution is 2.09. The van der Waals surface area contributed by atoms with Gasteiger partial charge in [0.2, 0.25) is 5.91 Å². The Morgan fingerprint density at radius 3 is 2.00 bits per heavy atom. The van der Waals surface area contributed by atoms with Crippen LogP contribution < -0.4 is 5.32 Å². The van der Waals surface area contributed by atoms with Gasteiger partial charge in [0, 0.05) is 12.8 Å². The van der Waals surface area contributed by atoms with Crippen LogP contribution in [0.25, 0.3) is 0 Å². The first-order valence-corrected chi connectivity index (χ1v) is 5.96. The summed E-state index contributed by atoms with van der Waals surface area (Å²) in [7, 11) is 0. The van der Waals surface area contributed by atoms with E-state index in [9.17, 15) is 14.4 Å². The molecule has 0 aromatic rings. The monoisotopic (exact) mass is 259 g/mol. The average Bonchev–Trinajstić information content (AvgIpc) is 2.13. The lowest BCUT2D eigenvalue weighted by molar-refractivity contribution is -0.143. The van der Waals surface area contributed by atoms with Crippen LogP contribution >= 0.6 is 0 Å². The predicted molar refractivity (Wildman–Crippen MR) is 65.1 cm³/mol. The lowest BCUT2D eigenvalue weighted by Gasteiger charge is -2.17. The Morgan fingerprint density at radius 1 is 1.06 bits per heavy atom. The number of rotatable bonds is 8. The van der Waals surface area contributed by atoms with E-state index < -0.39 is 23.9 Å². The number of carboxylic acids is 2. The summed E-state index contributed by atoms with van der Waals surface area (Å²) in [6, 6.07) is -0.908. The van der Waals surface area contributed by atoms with E-state index in [4.69, 9.17) is 10.2 Å². The Bertz CT molecular complexity index is 314. The summed E-state index contributed by atoms with van der Waals surface area (Å²) in [5.41, 5.74) is 0. The quantitative estimate of drug-likeness (QED) is 0.605. The van der Waals surface area contributed by atoms with E-state index in [-0.39, 0.29) is 24.7 Å². The Kier molecular flexibility index (Phi) is 7.00. The number of hydrogen-bond acceptors (Lipinski definition) is 3. The van der Waals surface area contributed by atoms with Crippen molar-refractivity contribution in [1.82, 2.24) is 5.32 Å². The topological polar surface area (TPSA) is 104 Å². The van der Waals surface area contributed by atoms with Gasteiger partial charge in [0.15, 0.2) is 0 Å². The molecule has 0 heterocycles. The molecule has 0 saturated carbocycles. The van der Waals surface area contributed by atoms with E-state index in [1.807, 2.05) is 13.8 Å². The second-order valence-electron chi connectivity index (χ2n) is 5.00. The maximum atomic E-state index is 11.6. The standard InChI is InChI=1S/C12H21NO5/c1-7(2)4-9(12(17)18)13-10(14)5-8(3)6-11(15)16/h7-9H,4-6H2,1-3H3,(H,13,14)(H,15,16)(H,17,18).